The molecule has 1 nitrogen and oxygen atoms in total. The van der Waals surface area contributed by atoms with E-state index in [1.54, 1.807) is 5.57 Å². The summed E-state index contributed by atoms with van der Waals surface area (Å²) in [6, 6.07) is 0. The van der Waals surface area contributed by atoms with Crippen molar-refractivity contribution in [3.63, 3.8) is 0 Å². The van der Waals surface area contributed by atoms with E-state index in [0.29, 0.717) is 5.41 Å². The Hall–Kier alpha value is -0.560. The molecule has 88 valence electrons. The number of hydrogen-bond acceptors (Lipinski definition) is 1. The van der Waals surface area contributed by atoms with Crippen LogP contribution in [0.1, 0.15) is 53.4 Å². The van der Waals surface area contributed by atoms with E-state index in [1.165, 1.54) is 19.3 Å². The molecule has 0 radical (unpaired) electrons. The minimum atomic E-state index is 0.347. The topological polar surface area (TPSA) is 26.0 Å². The zero-order valence-corrected chi connectivity index (χ0v) is 10.8. The van der Waals surface area contributed by atoms with Gasteiger partial charge in [0, 0.05) is 0 Å². The first-order valence-corrected chi connectivity index (χ1v) is 6.29. The third kappa shape index (κ3) is 4.21. The number of allylic oxidation sites excluding steroid dienone is 4. The summed E-state index contributed by atoms with van der Waals surface area (Å²) in [7, 11) is 0. The molecule has 15 heavy (non-hydrogen) atoms. The number of rotatable bonds is 4. The maximum Gasteiger partial charge on any atom is -0.00690 e. The molecule has 1 heteroatoms. The zero-order valence-electron chi connectivity index (χ0n) is 10.8. The van der Waals surface area contributed by atoms with Gasteiger partial charge in [0.1, 0.15) is 0 Å². The van der Waals surface area contributed by atoms with E-state index in [9.17, 15) is 0 Å². The van der Waals surface area contributed by atoms with E-state index in [1.807, 2.05) is 13.8 Å². The quantitative estimate of drug-likeness (QED) is 0.742. The molecular weight excluding hydrogens is 182 g/mol. The molecule has 1 aliphatic carbocycles. The van der Waals surface area contributed by atoms with Crippen LogP contribution in [0.2, 0.25) is 0 Å². The van der Waals surface area contributed by atoms with Crippen molar-refractivity contribution in [1.29, 1.82) is 0 Å². The fourth-order valence-electron chi connectivity index (χ4n) is 1.99. The molecule has 0 bridgehead atoms. The van der Waals surface area contributed by atoms with Gasteiger partial charge in [0.05, 0.1) is 0 Å². The average Bonchev–Trinajstić information content (AvgIpc) is 2.33. The van der Waals surface area contributed by atoms with Crippen molar-refractivity contribution in [3.05, 3.63) is 23.8 Å². The Balaban J connectivity index is 0.000000921. The highest BCUT2D eigenvalue weighted by Crippen LogP contribution is 2.37. The first kappa shape index (κ1) is 14.4. The molecule has 1 atom stereocenters. The molecule has 0 fully saturated rings. The van der Waals surface area contributed by atoms with E-state index in [2.05, 4.69) is 32.1 Å². The van der Waals surface area contributed by atoms with Gasteiger partial charge in [-0.2, -0.15) is 0 Å². The Labute approximate surface area is 95.4 Å². The largest absolute Gasteiger partial charge is 0.330 e. The summed E-state index contributed by atoms with van der Waals surface area (Å²) in [6.45, 7) is 9.39. The van der Waals surface area contributed by atoms with Crippen LogP contribution in [0.3, 0.4) is 0 Å². The average molecular weight is 209 g/mol. The molecule has 0 saturated carbocycles. The first-order valence-electron chi connectivity index (χ1n) is 6.29. The lowest BCUT2D eigenvalue weighted by Gasteiger charge is -2.32. The van der Waals surface area contributed by atoms with Gasteiger partial charge in [-0.15, -0.1) is 0 Å². The van der Waals surface area contributed by atoms with Crippen molar-refractivity contribution in [3.8, 4) is 0 Å². The predicted molar refractivity (Wildman–Crippen MR) is 69.9 cm³/mol. The second kappa shape index (κ2) is 7.70. The van der Waals surface area contributed by atoms with Crippen molar-refractivity contribution in [1.82, 2.24) is 0 Å². The SMILES string of the molecule is CC.CCC(C)(CCN)C1=CC=CCC1. The van der Waals surface area contributed by atoms with Crippen LogP contribution < -0.4 is 5.73 Å². The molecule has 2 N–H and O–H groups in total. The van der Waals surface area contributed by atoms with Crippen LogP contribution in [0, 0.1) is 5.41 Å². The molecule has 0 aromatic carbocycles. The van der Waals surface area contributed by atoms with Crippen LogP contribution in [-0.2, 0) is 0 Å². The van der Waals surface area contributed by atoms with E-state index in [4.69, 9.17) is 5.73 Å². The van der Waals surface area contributed by atoms with Gasteiger partial charge >= 0.3 is 0 Å². The van der Waals surface area contributed by atoms with Gasteiger partial charge < -0.3 is 5.73 Å². The van der Waals surface area contributed by atoms with Crippen LogP contribution in [0.15, 0.2) is 23.8 Å². The molecular formula is C14H27N. The zero-order chi connectivity index (χ0) is 11.7. The van der Waals surface area contributed by atoms with Crippen molar-refractivity contribution in [2.45, 2.75) is 53.4 Å². The molecule has 0 spiro atoms. The van der Waals surface area contributed by atoms with Gasteiger partial charge in [-0.1, -0.05) is 51.5 Å². The van der Waals surface area contributed by atoms with E-state index < -0.39 is 0 Å². The highest BCUT2D eigenvalue weighted by atomic mass is 14.5. The molecule has 0 aromatic rings. The molecule has 0 amide bonds. The Morgan fingerprint density at radius 3 is 2.47 bits per heavy atom. The lowest BCUT2D eigenvalue weighted by Crippen LogP contribution is -2.23. The molecule has 0 aliphatic heterocycles. The van der Waals surface area contributed by atoms with Crippen LogP contribution in [-0.4, -0.2) is 6.54 Å². The van der Waals surface area contributed by atoms with Crippen molar-refractivity contribution in [2.24, 2.45) is 11.1 Å². The van der Waals surface area contributed by atoms with Crippen LogP contribution in [0.4, 0.5) is 0 Å². The lowest BCUT2D eigenvalue weighted by atomic mass is 9.74. The Morgan fingerprint density at radius 2 is 2.07 bits per heavy atom. The molecule has 1 unspecified atom stereocenters. The van der Waals surface area contributed by atoms with E-state index in [0.717, 1.165) is 13.0 Å². The highest BCUT2D eigenvalue weighted by Gasteiger charge is 2.25. The standard InChI is InChI=1S/C12H21N.C2H6/c1-3-12(2,9-10-13)11-7-5-4-6-8-11;1-2/h4-5,7H,3,6,8-10,13H2,1-2H3;1-2H3. The van der Waals surface area contributed by atoms with Crippen molar-refractivity contribution < 1.29 is 0 Å². The van der Waals surface area contributed by atoms with E-state index in [-0.39, 0.29) is 0 Å². The summed E-state index contributed by atoms with van der Waals surface area (Å²) in [5.41, 5.74) is 7.58. The molecule has 0 heterocycles. The van der Waals surface area contributed by atoms with E-state index >= 15 is 0 Å². The summed E-state index contributed by atoms with van der Waals surface area (Å²) < 4.78 is 0. The fraction of sp³-hybridized carbons (Fsp3) is 0.714. The maximum absolute atomic E-state index is 5.65. The van der Waals surface area contributed by atoms with Crippen molar-refractivity contribution >= 4 is 0 Å². The third-order valence-corrected chi connectivity index (χ3v) is 3.27. The normalized spacial score (nSPS) is 18.6. The third-order valence-electron chi connectivity index (χ3n) is 3.27. The van der Waals surface area contributed by atoms with Gasteiger partial charge in [-0.25, -0.2) is 0 Å². The Bertz CT molecular complexity index is 215. The Kier molecular flexibility index (Phi) is 7.41. The van der Waals surface area contributed by atoms with Crippen LogP contribution >= 0.6 is 0 Å². The predicted octanol–water partition coefficient (Wildman–Crippen LogP) is 4.05. The molecule has 1 rings (SSSR count). The molecule has 1 aliphatic rings. The monoisotopic (exact) mass is 209 g/mol. The minimum Gasteiger partial charge on any atom is -0.330 e. The summed E-state index contributed by atoms with van der Waals surface area (Å²) in [5, 5.41) is 0. The van der Waals surface area contributed by atoms with Gasteiger partial charge in [-0.3, -0.25) is 0 Å². The highest BCUT2D eigenvalue weighted by molar-refractivity contribution is 5.23. The number of nitrogens with two attached hydrogens (primary N) is 1. The van der Waals surface area contributed by atoms with Crippen LogP contribution in [0.25, 0.3) is 0 Å². The fourth-order valence-corrected chi connectivity index (χ4v) is 1.99. The van der Waals surface area contributed by atoms with Crippen LogP contribution in [0.5, 0.6) is 0 Å². The first-order chi connectivity index (χ1) is 7.23. The summed E-state index contributed by atoms with van der Waals surface area (Å²) in [6.07, 6.45) is 11.4. The molecule has 0 saturated heterocycles. The minimum absolute atomic E-state index is 0.347. The van der Waals surface area contributed by atoms with Gasteiger partial charge in [0.25, 0.3) is 0 Å². The van der Waals surface area contributed by atoms with Gasteiger partial charge in [-0.05, 0) is 37.6 Å². The molecule has 0 aromatic heterocycles. The number of hydrogen-bond donors (Lipinski definition) is 1. The summed E-state index contributed by atoms with van der Waals surface area (Å²) >= 11 is 0. The maximum atomic E-state index is 5.65. The lowest BCUT2D eigenvalue weighted by molar-refractivity contribution is 0.345. The second-order valence-corrected chi connectivity index (χ2v) is 4.11. The summed E-state index contributed by atoms with van der Waals surface area (Å²) in [5.74, 6) is 0. The van der Waals surface area contributed by atoms with Gasteiger partial charge in [0.15, 0.2) is 0 Å². The summed E-state index contributed by atoms with van der Waals surface area (Å²) in [4.78, 5) is 0. The Morgan fingerprint density at radius 1 is 1.40 bits per heavy atom. The second-order valence-electron chi connectivity index (χ2n) is 4.11. The van der Waals surface area contributed by atoms with Crippen molar-refractivity contribution in [2.75, 3.05) is 6.54 Å². The smallest absolute Gasteiger partial charge is 0.00690 e. The van der Waals surface area contributed by atoms with Gasteiger partial charge in [0.2, 0.25) is 0 Å².